The predicted molar refractivity (Wildman–Crippen MR) is 143 cm³/mol. The van der Waals surface area contributed by atoms with E-state index in [4.69, 9.17) is 15.2 Å². The molecule has 7 heteroatoms. The van der Waals surface area contributed by atoms with Crippen molar-refractivity contribution in [1.29, 1.82) is 0 Å². The summed E-state index contributed by atoms with van der Waals surface area (Å²) in [4.78, 5) is 15.3. The molecule has 2 aromatic carbocycles. The van der Waals surface area contributed by atoms with Gasteiger partial charge in [0.2, 0.25) is 5.91 Å². The number of benzene rings is 2. The van der Waals surface area contributed by atoms with Gasteiger partial charge >= 0.3 is 0 Å². The first-order valence-corrected chi connectivity index (χ1v) is 13.6. The number of ether oxygens (including phenoxy) is 2. The number of amides is 1. The van der Waals surface area contributed by atoms with Gasteiger partial charge < -0.3 is 30.3 Å². The van der Waals surface area contributed by atoms with Crippen LogP contribution in [0.3, 0.4) is 0 Å². The molecule has 1 saturated heterocycles. The first kappa shape index (κ1) is 27.6. The number of para-hydroxylation sites is 2. The van der Waals surface area contributed by atoms with E-state index in [1.807, 2.05) is 60.4 Å². The van der Waals surface area contributed by atoms with Gasteiger partial charge in [0.05, 0.1) is 11.7 Å². The van der Waals surface area contributed by atoms with E-state index in [9.17, 15) is 15.0 Å². The van der Waals surface area contributed by atoms with E-state index in [1.54, 1.807) is 7.11 Å². The van der Waals surface area contributed by atoms with Crippen LogP contribution in [0.2, 0.25) is 0 Å². The Bertz CT molecular complexity index is 1040. The van der Waals surface area contributed by atoms with E-state index >= 15 is 0 Å². The maximum absolute atomic E-state index is 13.4. The molecule has 2 fully saturated rings. The number of rotatable bonds is 10. The minimum absolute atomic E-state index is 0.0443. The fraction of sp³-hybridized carbons (Fsp3) is 0.567. The molecule has 7 nitrogen and oxygen atoms in total. The molecule has 2 aliphatic rings. The highest BCUT2D eigenvalue weighted by Crippen LogP contribution is 2.45. The van der Waals surface area contributed by atoms with Crippen LogP contribution in [0.5, 0.6) is 11.5 Å². The first-order valence-electron chi connectivity index (χ1n) is 13.6. The summed E-state index contributed by atoms with van der Waals surface area (Å²) in [6.07, 6.45) is 4.10. The second kappa shape index (κ2) is 12.4. The molecule has 1 aliphatic heterocycles. The highest BCUT2D eigenvalue weighted by molar-refractivity contribution is 5.79. The van der Waals surface area contributed by atoms with Crippen molar-refractivity contribution in [2.45, 2.75) is 69.6 Å². The van der Waals surface area contributed by atoms with Gasteiger partial charge in [-0.25, -0.2) is 0 Å². The van der Waals surface area contributed by atoms with Crippen LogP contribution in [-0.4, -0.2) is 60.0 Å². The number of carbonyl (C=O) groups excluding carboxylic acids is 1. The summed E-state index contributed by atoms with van der Waals surface area (Å²) < 4.78 is 11.6. The zero-order valence-electron chi connectivity index (χ0n) is 22.1. The molecule has 202 valence electrons. The van der Waals surface area contributed by atoms with Gasteiger partial charge in [0, 0.05) is 50.2 Å². The van der Waals surface area contributed by atoms with Crippen LogP contribution in [0.4, 0.5) is 0 Å². The highest BCUT2D eigenvalue weighted by Gasteiger charge is 2.44. The molecule has 4 N–H and O–H groups in total. The Kier molecular flexibility index (Phi) is 9.24. The Morgan fingerprint density at radius 2 is 1.84 bits per heavy atom. The number of hydrogen-bond acceptors (Lipinski definition) is 6. The zero-order valence-corrected chi connectivity index (χ0v) is 22.1. The van der Waals surface area contributed by atoms with Gasteiger partial charge in [-0.1, -0.05) is 36.4 Å². The lowest BCUT2D eigenvalue weighted by Gasteiger charge is -2.44. The van der Waals surface area contributed by atoms with Gasteiger partial charge in [0.25, 0.3) is 0 Å². The number of methoxy groups -OCH3 is 1. The molecule has 0 bridgehead atoms. The first-order chi connectivity index (χ1) is 17.8. The standard InChI is InChI=1S/C30H42N2O5/c1-21-10-3-5-13-27(21)37-28-14-6-4-12-24(28)30(35,15-7-8-17-36-2)23-11-9-16-32(20-23)29(34)22-18-25(31)26(33)19-22/h3-6,10,12-14,22-23,25-26,33,35H,7-9,11,15-20,31H2,1-2H3/t22-,23+,25+,26+,30-/m0/s1. The lowest BCUT2D eigenvalue weighted by molar-refractivity contribution is -0.141. The maximum atomic E-state index is 13.4. The summed E-state index contributed by atoms with van der Waals surface area (Å²) in [5.74, 6) is 1.04. The number of aliphatic hydroxyl groups excluding tert-OH is 1. The Balaban J connectivity index is 1.61. The SMILES string of the molecule is COCCCC[C@@](O)(c1ccccc1Oc1ccccc1C)[C@@H]1CCCN(C(=O)[C@H]2C[C@@H](N)[C@H](O)C2)C1. The number of nitrogens with zero attached hydrogens (tertiary/aromatic N) is 1. The number of likely N-dealkylation sites (tertiary alicyclic amines) is 1. The summed E-state index contributed by atoms with van der Waals surface area (Å²) >= 11 is 0. The van der Waals surface area contributed by atoms with Crippen molar-refractivity contribution in [2.75, 3.05) is 26.8 Å². The van der Waals surface area contributed by atoms with Crippen molar-refractivity contribution in [3.63, 3.8) is 0 Å². The molecular weight excluding hydrogens is 468 g/mol. The molecule has 0 spiro atoms. The van der Waals surface area contributed by atoms with E-state index in [1.165, 1.54) is 0 Å². The van der Waals surface area contributed by atoms with Crippen LogP contribution in [0.15, 0.2) is 48.5 Å². The minimum atomic E-state index is -1.17. The van der Waals surface area contributed by atoms with Crippen LogP contribution in [0.25, 0.3) is 0 Å². The second-order valence-corrected chi connectivity index (χ2v) is 10.8. The predicted octanol–water partition coefficient (Wildman–Crippen LogP) is 4.13. The summed E-state index contributed by atoms with van der Waals surface area (Å²) in [5.41, 5.74) is 6.60. The Morgan fingerprint density at radius 1 is 1.11 bits per heavy atom. The molecule has 37 heavy (non-hydrogen) atoms. The van der Waals surface area contributed by atoms with Crippen molar-refractivity contribution in [3.05, 3.63) is 59.7 Å². The lowest BCUT2D eigenvalue weighted by Crippen LogP contribution is -2.49. The van der Waals surface area contributed by atoms with E-state index in [0.717, 1.165) is 42.6 Å². The third kappa shape index (κ3) is 6.34. The Labute approximate surface area is 220 Å². The fourth-order valence-corrected chi connectivity index (χ4v) is 5.98. The summed E-state index contributed by atoms with van der Waals surface area (Å²) in [5, 5.41) is 22.6. The summed E-state index contributed by atoms with van der Waals surface area (Å²) in [7, 11) is 1.69. The highest BCUT2D eigenvalue weighted by atomic mass is 16.5. The van der Waals surface area contributed by atoms with E-state index in [0.29, 0.717) is 44.7 Å². The molecule has 1 amide bonds. The average Bonchev–Trinajstić information content (AvgIpc) is 3.25. The van der Waals surface area contributed by atoms with Crippen molar-refractivity contribution in [3.8, 4) is 11.5 Å². The minimum Gasteiger partial charge on any atom is -0.457 e. The van der Waals surface area contributed by atoms with Gasteiger partial charge in [0.15, 0.2) is 0 Å². The van der Waals surface area contributed by atoms with Crippen LogP contribution < -0.4 is 10.5 Å². The molecular formula is C30H42N2O5. The molecule has 1 heterocycles. The van der Waals surface area contributed by atoms with Crippen LogP contribution >= 0.6 is 0 Å². The number of aryl methyl sites for hydroxylation is 1. The van der Waals surface area contributed by atoms with Crippen molar-refractivity contribution in [1.82, 2.24) is 4.90 Å². The fourth-order valence-electron chi connectivity index (χ4n) is 5.98. The van der Waals surface area contributed by atoms with Gasteiger partial charge in [0.1, 0.15) is 11.5 Å². The third-order valence-electron chi connectivity index (χ3n) is 8.16. The quantitative estimate of drug-likeness (QED) is 0.415. The van der Waals surface area contributed by atoms with Gasteiger partial charge in [-0.15, -0.1) is 0 Å². The topological polar surface area (TPSA) is 105 Å². The maximum Gasteiger partial charge on any atom is 0.225 e. The average molecular weight is 511 g/mol. The molecule has 0 aromatic heterocycles. The van der Waals surface area contributed by atoms with Crippen LogP contribution in [-0.2, 0) is 15.1 Å². The van der Waals surface area contributed by atoms with Gasteiger partial charge in [-0.3, -0.25) is 4.79 Å². The van der Waals surface area contributed by atoms with Crippen molar-refractivity contribution in [2.24, 2.45) is 17.6 Å². The van der Waals surface area contributed by atoms with E-state index in [-0.39, 0.29) is 23.8 Å². The van der Waals surface area contributed by atoms with Crippen molar-refractivity contribution < 1.29 is 24.5 Å². The number of piperidine rings is 1. The molecule has 2 aromatic rings. The largest absolute Gasteiger partial charge is 0.457 e. The summed E-state index contributed by atoms with van der Waals surface area (Å²) in [6, 6.07) is 15.2. The smallest absolute Gasteiger partial charge is 0.225 e. The van der Waals surface area contributed by atoms with Gasteiger partial charge in [-0.2, -0.15) is 0 Å². The van der Waals surface area contributed by atoms with Crippen LogP contribution in [0.1, 0.15) is 56.1 Å². The number of carbonyl (C=O) groups is 1. The normalized spacial score (nSPS) is 25.6. The molecule has 0 unspecified atom stereocenters. The molecule has 1 aliphatic carbocycles. The number of nitrogens with two attached hydrogens (primary N) is 1. The Hall–Kier alpha value is -2.45. The molecule has 1 saturated carbocycles. The number of hydrogen-bond donors (Lipinski definition) is 3. The summed E-state index contributed by atoms with van der Waals surface area (Å²) in [6.45, 7) is 3.78. The van der Waals surface area contributed by atoms with Crippen LogP contribution in [0, 0.1) is 18.8 Å². The Morgan fingerprint density at radius 3 is 2.54 bits per heavy atom. The zero-order chi connectivity index (χ0) is 26.4. The monoisotopic (exact) mass is 510 g/mol. The van der Waals surface area contributed by atoms with Gasteiger partial charge in [-0.05, 0) is 69.6 Å². The molecule has 5 atom stereocenters. The van der Waals surface area contributed by atoms with E-state index < -0.39 is 11.7 Å². The number of aliphatic hydroxyl groups is 2. The molecule has 4 rings (SSSR count). The third-order valence-corrected chi connectivity index (χ3v) is 8.16. The van der Waals surface area contributed by atoms with Crippen molar-refractivity contribution >= 4 is 5.91 Å². The number of unbranched alkanes of at least 4 members (excludes halogenated alkanes) is 1. The molecule has 0 radical (unpaired) electrons. The second-order valence-electron chi connectivity index (χ2n) is 10.8. The lowest BCUT2D eigenvalue weighted by atomic mass is 9.73. The van der Waals surface area contributed by atoms with E-state index in [2.05, 4.69) is 0 Å².